The Morgan fingerprint density at radius 1 is 1.29 bits per heavy atom. The Morgan fingerprint density at radius 3 is 2.35 bits per heavy atom. The fraction of sp³-hybridized carbons (Fsp3) is 0.692. The highest BCUT2D eigenvalue weighted by molar-refractivity contribution is 5.79. The predicted molar refractivity (Wildman–Crippen MR) is 62.1 cm³/mol. The van der Waals surface area contributed by atoms with Crippen LogP contribution in [0, 0.1) is 18.3 Å². The van der Waals surface area contributed by atoms with Gasteiger partial charge in [-0.1, -0.05) is 5.92 Å². The van der Waals surface area contributed by atoms with E-state index in [1.165, 1.54) is 0 Å². The van der Waals surface area contributed by atoms with Crippen molar-refractivity contribution in [3.05, 3.63) is 0 Å². The number of carbonyl (C=O) groups excluding carboxylic acids is 1. The van der Waals surface area contributed by atoms with Crippen molar-refractivity contribution in [2.75, 3.05) is 0 Å². The van der Waals surface area contributed by atoms with Crippen LogP contribution in [0.1, 0.15) is 38.5 Å². The van der Waals surface area contributed by atoms with Gasteiger partial charge in [-0.25, -0.2) is 0 Å². The summed E-state index contributed by atoms with van der Waals surface area (Å²) >= 11 is 0. The van der Waals surface area contributed by atoms with Crippen molar-refractivity contribution < 1.29 is 14.7 Å². The minimum absolute atomic E-state index is 0.0359. The molecular weight excluding hydrogens is 218 g/mol. The van der Waals surface area contributed by atoms with Crippen molar-refractivity contribution >= 4 is 11.9 Å². The zero-order valence-electron chi connectivity index (χ0n) is 9.76. The maximum Gasteiger partial charge on any atom is 0.303 e. The molecule has 2 heterocycles. The first kappa shape index (κ1) is 12.0. The van der Waals surface area contributed by atoms with Crippen LogP contribution in [0.3, 0.4) is 0 Å². The molecule has 2 unspecified atom stereocenters. The number of rotatable bonds is 3. The standard InChI is InChI=1S/C13H17NO3/c1-2-3-12(15)14-10-4-5-11(14)7-9(6-10)8-13(16)17/h1,9-11H,3-8H2,(H,16,17). The highest BCUT2D eigenvalue weighted by Crippen LogP contribution is 2.40. The van der Waals surface area contributed by atoms with Crippen molar-refractivity contribution in [3.63, 3.8) is 0 Å². The second-order valence-corrected chi connectivity index (χ2v) is 5.00. The van der Waals surface area contributed by atoms with Crippen LogP contribution < -0.4 is 0 Å². The topological polar surface area (TPSA) is 57.6 Å². The number of carboxylic acid groups (broad SMARTS) is 1. The highest BCUT2D eigenvalue weighted by atomic mass is 16.4. The Morgan fingerprint density at radius 2 is 1.88 bits per heavy atom. The number of carboxylic acids is 1. The van der Waals surface area contributed by atoms with Crippen LogP contribution in [0.5, 0.6) is 0 Å². The summed E-state index contributed by atoms with van der Waals surface area (Å²) in [7, 11) is 0. The largest absolute Gasteiger partial charge is 0.481 e. The predicted octanol–water partition coefficient (Wildman–Crippen LogP) is 1.25. The minimum Gasteiger partial charge on any atom is -0.481 e. The number of hydrogen-bond acceptors (Lipinski definition) is 2. The fourth-order valence-corrected chi connectivity index (χ4v) is 3.29. The van der Waals surface area contributed by atoms with Crippen molar-refractivity contribution in [2.45, 2.75) is 50.6 Å². The van der Waals surface area contributed by atoms with E-state index in [9.17, 15) is 9.59 Å². The van der Waals surface area contributed by atoms with Crippen LogP contribution in [0.4, 0.5) is 0 Å². The van der Waals surface area contributed by atoms with Gasteiger partial charge in [0.2, 0.25) is 5.91 Å². The Bertz CT molecular complexity index is 357. The summed E-state index contributed by atoms with van der Waals surface area (Å²) in [6.07, 6.45) is 9.19. The second-order valence-electron chi connectivity index (χ2n) is 5.00. The molecule has 0 aromatic carbocycles. The smallest absolute Gasteiger partial charge is 0.303 e. The summed E-state index contributed by atoms with van der Waals surface area (Å²) in [6.45, 7) is 0. The maximum absolute atomic E-state index is 11.9. The van der Waals surface area contributed by atoms with Crippen molar-refractivity contribution in [2.24, 2.45) is 5.92 Å². The lowest BCUT2D eigenvalue weighted by Crippen LogP contribution is -2.46. The van der Waals surface area contributed by atoms with Gasteiger partial charge in [-0.05, 0) is 31.6 Å². The van der Waals surface area contributed by atoms with Crippen LogP contribution in [-0.2, 0) is 9.59 Å². The van der Waals surface area contributed by atoms with Crippen molar-refractivity contribution in [1.29, 1.82) is 0 Å². The molecule has 2 saturated heterocycles. The maximum atomic E-state index is 11.9. The Labute approximate surface area is 101 Å². The van der Waals surface area contributed by atoms with Crippen molar-refractivity contribution in [3.8, 4) is 12.3 Å². The monoisotopic (exact) mass is 235 g/mol. The molecule has 2 atom stereocenters. The molecule has 0 spiro atoms. The third kappa shape index (κ3) is 2.44. The van der Waals surface area contributed by atoms with E-state index in [4.69, 9.17) is 11.5 Å². The molecule has 92 valence electrons. The number of nitrogens with zero attached hydrogens (tertiary/aromatic N) is 1. The molecule has 0 aliphatic carbocycles. The van der Waals surface area contributed by atoms with Gasteiger partial charge in [0.25, 0.3) is 0 Å². The molecule has 2 fully saturated rings. The minimum atomic E-state index is -0.738. The molecule has 17 heavy (non-hydrogen) atoms. The summed E-state index contributed by atoms with van der Waals surface area (Å²) in [5, 5.41) is 8.81. The number of terminal acetylenes is 1. The number of piperidine rings is 1. The van der Waals surface area contributed by atoms with Crippen LogP contribution in [0.2, 0.25) is 0 Å². The first-order chi connectivity index (χ1) is 8.11. The van der Waals surface area contributed by atoms with Gasteiger partial charge >= 0.3 is 5.97 Å². The van der Waals surface area contributed by atoms with E-state index in [0.717, 1.165) is 25.7 Å². The molecule has 0 radical (unpaired) electrons. The van der Waals surface area contributed by atoms with Gasteiger partial charge in [-0.2, -0.15) is 0 Å². The number of fused-ring (bicyclic) bond motifs is 2. The molecule has 2 bridgehead atoms. The van der Waals surface area contributed by atoms with Crippen molar-refractivity contribution in [1.82, 2.24) is 4.90 Å². The fourth-order valence-electron chi connectivity index (χ4n) is 3.29. The van der Waals surface area contributed by atoms with E-state index in [1.807, 2.05) is 4.90 Å². The molecule has 0 saturated carbocycles. The van der Waals surface area contributed by atoms with Gasteiger partial charge in [0, 0.05) is 18.5 Å². The Kier molecular flexibility index (Phi) is 3.37. The first-order valence-electron chi connectivity index (χ1n) is 6.08. The molecule has 4 nitrogen and oxygen atoms in total. The summed E-state index contributed by atoms with van der Waals surface area (Å²) in [5.74, 6) is 1.91. The number of carbonyl (C=O) groups is 2. The summed E-state index contributed by atoms with van der Waals surface area (Å²) in [4.78, 5) is 24.5. The van der Waals surface area contributed by atoms with Gasteiger partial charge in [0.05, 0.1) is 6.42 Å². The number of aliphatic carboxylic acids is 1. The molecule has 1 amide bonds. The van der Waals surface area contributed by atoms with Crippen LogP contribution in [0.25, 0.3) is 0 Å². The lowest BCUT2D eigenvalue weighted by atomic mass is 9.88. The number of hydrogen-bond donors (Lipinski definition) is 1. The third-order valence-corrected chi connectivity index (χ3v) is 3.84. The SMILES string of the molecule is C#CCC(=O)N1C2CCC1CC(CC(=O)O)C2. The second kappa shape index (κ2) is 4.79. The molecule has 0 aromatic heterocycles. The third-order valence-electron chi connectivity index (χ3n) is 3.84. The zero-order chi connectivity index (χ0) is 12.4. The van der Waals surface area contributed by atoms with Crippen LogP contribution in [-0.4, -0.2) is 34.0 Å². The van der Waals surface area contributed by atoms with Gasteiger partial charge in [-0.15, -0.1) is 6.42 Å². The summed E-state index contributed by atoms with van der Waals surface area (Å²) in [6, 6.07) is 0.442. The molecule has 0 aromatic rings. The van der Waals surface area contributed by atoms with Gasteiger partial charge < -0.3 is 10.0 Å². The molecule has 4 heteroatoms. The van der Waals surface area contributed by atoms with Crippen LogP contribution >= 0.6 is 0 Å². The van der Waals surface area contributed by atoms with E-state index in [0.29, 0.717) is 0 Å². The summed E-state index contributed by atoms with van der Waals surface area (Å²) in [5.41, 5.74) is 0. The lowest BCUT2D eigenvalue weighted by Gasteiger charge is -2.38. The normalized spacial score (nSPS) is 31.0. The number of amides is 1. The average Bonchev–Trinajstić information content (AvgIpc) is 2.50. The van der Waals surface area contributed by atoms with E-state index in [1.54, 1.807) is 0 Å². The van der Waals surface area contributed by atoms with Gasteiger partial charge in [-0.3, -0.25) is 9.59 Å². The molecule has 1 N–H and O–H groups in total. The zero-order valence-corrected chi connectivity index (χ0v) is 9.76. The Hall–Kier alpha value is -1.50. The van der Waals surface area contributed by atoms with E-state index in [2.05, 4.69) is 5.92 Å². The van der Waals surface area contributed by atoms with Gasteiger partial charge in [0.1, 0.15) is 0 Å². The molecule has 2 aliphatic heterocycles. The quantitative estimate of drug-likeness (QED) is 0.749. The van der Waals surface area contributed by atoms with E-state index < -0.39 is 5.97 Å². The first-order valence-corrected chi connectivity index (χ1v) is 6.08. The Balaban J connectivity index is 2.00. The van der Waals surface area contributed by atoms with E-state index in [-0.39, 0.29) is 36.8 Å². The summed E-state index contributed by atoms with van der Waals surface area (Å²) < 4.78 is 0. The van der Waals surface area contributed by atoms with Gasteiger partial charge in [0.15, 0.2) is 0 Å². The average molecular weight is 235 g/mol. The van der Waals surface area contributed by atoms with Crippen LogP contribution in [0.15, 0.2) is 0 Å². The highest BCUT2D eigenvalue weighted by Gasteiger charge is 2.42. The molecule has 2 aliphatic rings. The lowest BCUT2D eigenvalue weighted by molar-refractivity contribution is -0.139. The molecule has 2 rings (SSSR count). The molecular formula is C13H17NO3. The van der Waals surface area contributed by atoms with E-state index >= 15 is 0 Å².